The zero-order chi connectivity index (χ0) is 12.3. The van der Waals surface area contributed by atoms with Crippen molar-refractivity contribution in [2.24, 2.45) is 0 Å². The highest BCUT2D eigenvalue weighted by Crippen LogP contribution is 2.25. The summed E-state index contributed by atoms with van der Waals surface area (Å²) in [7, 11) is 0. The van der Waals surface area contributed by atoms with Crippen molar-refractivity contribution in [3.8, 4) is 0 Å². The highest BCUT2D eigenvalue weighted by atomic mass is 16.5. The lowest BCUT2D eigenvalue weighted by molar-refractivity contribution is -0.148. The molecular formula is C12H15NO4. The van der Waals surface area contributed by atoms with Gasteiger partial charge in [-0.1, -0.05) is 18.2 Å². The van der Waals surface area contributed by atoms with Crippen molar-refractivity contribution in [2.45, 2.75) is 18.6 Å². The molecule has 0 amide bonds. The van der Waals surface area contributed by atoms with E-state index in [1.165, 1.54) is 0 Å². The molecule has 1 heterocycles. The van der Waals surface area contributed by atoms with Gasteiger partial charge < -0.3 is 20.3 Å². The lowest BCUT2D eigenvalue weighted by atomic mass is 10.1. The first kappa shape index (κ1) is 11.9. The Hall–Kier alpha value is -1.59. The van der Waals surface area contributed by atoms with E-state index >= 15 is 0 Å². The highest BCUT2D eigenvalue weighted by Gasteiger charge is 2.27. The average molecular weight is 237 g/mol. The molecule has 0 fully saturated rings. The smallest absolute Gasteiger partial charge is 0.328 e. The molecule has 1 aliphatic heterocycles. The Kier molecular flexibility index (Phi) is 3.61. The van der Waals surface area contributed by atoms with Crippen molar-refractivity contribution < 1.29 is 19.7 Å². The fourth-order valence-corrected chi connectivity index (χ4v) is 1.77. The molecular weight excluding hydrogens is 222 g/mol. The largest absolute Gasteiger partial charge is 0.461 e. The lowest BCUT2D eigenvalue weighted by Gasteiger charge is -2.13. The van der Waals surface area contributed by atoms with E-state index in [0.717, 1.165) is 11.3 Å². The number of benzene rings is 1. The number of hydrogen-bond donors (Lipinski definition) is 3. The van der Waals surface area contributed by atoms with Gasteiger partial charge in [-0.3, -0.25) is 0 Å². The predicted molar refractivity (Wildman–Crippen MR) is 61.6 cm³/mol. The Morgan fingerprint density at radius 1 is 1.53 bits per heavy atom. The molecule has 1 aliphatic rings. The maximum atomic E-state index is 11.7. The van der Waals surface area contributed by atoms with Crippen molar-refractivity contribution >= 4 is 11.7 Å². The van der Waals surface area contributed by atoms with Gasteiger partial charge in [-0.25, -0.2) is 4.79 Å². The molecule has 5 heteroatoms. The minimum absolute atomic E-state index is 0.177. The zero-order valence-electron chi connectivity index (χ0n) is 9.30. The molecule has 1 aromatic carbocycles. The molecule has 0 saturated heterocycles. The third-order valence-corrected chi connectivity index (χ3v) is 2.68. The summed E-state index contributed by atoms with van der Waals surface area (Å²) in [5.41, 5.74) is 2.02. The second-order valence-corrected chi connectivity index (χ2v) is 4.02. The maximum absolute atomic E-state index is 11.7. The van der Waals surface area contributed by atoms with E-state index < -0.39 is 24.7 Å². The molecule has 1 aromatic rings. The van der Waals surface area contributed by atoms with E-state index in [2.05, 4.69) is 5.32 Å². The summed E-state index contributed by atoms with van der Waals surface area (Å²) < 4.78 is 4.90. The quantitative estimate of drug-likeness (QED) is 0.638. The van der Waals surface area contributed by atoms with Gasteiger partial charge in [-0.2, -0.15) is 0 Å². The van der Waals surface area contributed by atoms with Crippen LogP contribution in [-0.4, -0.2) is 41.5 Å². The molecule has 0 unspecified atom stereocenters. The maximum Gasteiger partial charge on any atom is 0.328 e. The van der Waals surface area contributed by atoms with Crippen LogP contribution >= 0.6 is 0 Å². The van der Waals surface area contributed by atoms with Crippen LogP contribution < -0.4 is 5.32 Å². The van der Waals surface area contributed by atoms with E-state index in [-0.39, 0.29) is 6.61 Å². The summed E-state index contributed by atoms with van der Waals surface area (Å²) in [6, 6.07) is 7.28. The molecule has 3 N–H and O–H groups in total. The van der Waals surface area contributed by atoms with E-state index in [1.807, 2.05) is 24.3 Å². The summed E-state index contributed by atoms with van der Waals surface area (Å²) in [6.45, 7) is -0.588. The summed E-state index contributed by atoms with van der Waals surface area (Å²) in [5.74, 6) is -0.409. The number of anilines is 1. The number of aliphatic hydroxyl groups excluding tert-OH is 2. The van der Waals surface area contributed by atoms with Crippen molar-refractivity contribution in [1.29, 1.82) is 0 Å². The van der Waals surface area contributed by atoms with E-state index in [4.69, 9.17) is 14.9 Å². The monoisotopic (exact) mass is 237 g/mol. The normalized spacial score (nSPS) is 19.3. The average Bonchev–Trinajstić information content (AvgIpc) is 2.79. The number of carbonyl (C=O) groups excluding carboxylic acids is 1. The highest BCUT2D eigenvalue weighted by molar-refractivity contribution is 5.82. The van der Waals surface area contributed by atoms with Crippen LogP contribution in [0, 0.1) is 0 Å². The zero-order valence-corrected chi connectivity index (χ0v) is 9.30. The number of esters is 1. The fraction of sp³-hybridized carbons (Fsp3) is 0.417. The molecule has 2 atom stereocenters. The minimum atomic E-state index is -1.01. The summed E-state index contributed by atoms with van der Waals surface area (Å²) >= 11 is 0. The minimum Gasteiger partial charge on any atom is -0.461 e. The number of nitrogens with one attached hydrogen (secondary N) is 1. The summed E-state index contributed by atoms with van der Waals surface area (Å²) in [6.07, 6.45) is -0.424. The number of fused-ring (bicyclic) bond motifs is 1. The number of ether oxygens (including phenoxy) is 1. The van der Waals surface area contributed by atoms with E-state index in [1.54, 1.807) is 0 Å². The van der Waals surface area contributed by atoms with Crippen LogP contribution in [-0.2, 0) is 16.0 Å². The second kappa shape index (κ2) is 5.16. The third kappa shape index (κ3) is 2.75. The number of aliphatic hydroxyl groups is 2. The first-order valence-electron chi connectivity index (χ1n) is 5.50. The van der Waals surface area contributed by atoms with Crippen LogP contribution in [0.3, 0.4) is 0 Å². The second-order valence-electron chi connectivity index (χ2n) is 4.02. The standard InChI is InChI=1S/C12H15NO4/c14-6-9(15)7-17-12(16)11-5-8-3-1-2-4-10(8)13-11/h1-4,9,11,13-15H,5-7H2/t9-,11+/m1/s1. The van der Waals surface area contributed by atoms with Crippen LogP contribution in [0.2, 0.25) is 0 Å². The van der Waals surface area contributed by atoms with Crippen LogP contribution in [0.4, 0.5) is 5.69 Å². The first-order valence-corrected chi connectivity index (χ1v) is 5.50. The molecule has 0 aromatic heterocycles. The molecule has 17 heavy (non-hydrogen) atoms. The van der Waals surface area contributed by atoms with Gasteiger partial charge in [-0.15, -0.1) is 0 Å². The molecule has 0 aliphatic carbocycles. The molecule has 2 rings (SSSR count). The molecule has 92 valence electrons. The van der Waals surface area contributed by atoms with Crippen molar-refractivity contribution in [3.63, 3.8) is 0 Å². The Morgan fingerprint density at radius 2 is 2.29 bits per heavy atom. The van der Waals surface area contributed by atoms with Crippen LogP contribution in [0.15, 0.2) is 24.3 Å². The van der Waals surface area contributed by atoms with Crippen molar-refractivity contribution in [3.05, 3.63) is 29.8 Å². The third-order valence-electron chi connectivity index (χ3n) is 2.68. The molecule has 0 radical (unpaired) electrons. The van der Waals surface area contributed by atoms with Gasteiger partial charge in [0, 0.05) is 12.1 Å². The van der Waals surface area contributed by atoms with Crippen LogP contribution in [0.1, 0.15) is 5.56 Å². The number of rotatable bonds is 4. The van der Waals surface area contributed by atoms with Gasteiger partial charge >= 0.3 is 5.97 Å². The van der Waals surface area contributed by atoms with Crippen molar-refractivity contribution in [2.75, 3.05) is 18.5 Å². The predicted octanol–water partition coefficient (Wildman–Crippen LogP) is -0.0804. The number of para-hydroxylation sites is 1. The number of carbonyl (C=O) groups is 1. The molecule has 0 spiro atoms. The van der Waals surface area contributed by atoms with E-state index in [0.29, 0.717) is 6.42 Å². The van der Waals surface area contributed by atoms with Gasteiger partial charge in [0.25, 0.3) is 0 Å². The fourth-order valence-electron chi connectivity index (χ4n) is 1.77. The Labute approximate surface area is 99.0 Å². The topological polar surface area (TPSA) is 78.8 Å². The van der Waals surface area contributed by atoms with Gasteiger partial charge in [0.2, 0.25) is 0 Å². The molecule has 0 saturated carbocycles. The van der Waals surface area contributed by atoms with Gasteiger partial charge in [0.05, 0.1) is 6.61 Å². The first-order chi connectivity index (χ1) is 8.20. The Bertz CT molecular complexity index is 382. The van der Waals surface area contributed by atoms with Gasteiger partial charge in [0.1, 0.15) is 18.8 Å². The van der Waals surface area contributed by atoms with E-state index in [9.17, 15) is 4.79 Å². The van der Waals surface area contributed by atoms with Gasteiger partial charge in [0.15, 0.2) is 0 Å². The van der Waals surface area contributed by atoms with Crippen LogP contribution in [0.25, 0.3) is 0 Å². The number of hydrogen-bond acceptors (Lipinski definition) is 5. The Morgan fingerprint density at radius 3 is 3.00 bits per heavy atom. The van der Waals surface area contributed by atoms with Crippen LogP contribution in [0.5, 0.6) is 0 Å². The lowest BCUT2D eigenvalue weighted by Crippen LogP contribution is -2.32. The van der Waals surface area contributed by atoms with Gasteiger partial charge in [-0.05, 0) is 11.6 Å². The van der Waals surface area contributed by atoms with Crippen molar-refractivity contribution in [1.82, 2.24) is 0 Å². The Balaban J connectivity index is 1.88. The summed E-state index contributed by atoms with van der Waals surface area (Å²) in [4.78, 5) is 11.7. The molecule has 0 bridgehead atoms. The summed E-state index contributed by atoms with van der Waals surface area (Å²) in [5, 5.41) is 20.7. The molecule has 5 nitrogen and oxygen atoms in total. The SMILES string of the molecule is O=C(OC[C@H](O)CO)[C@@H]1Cc2ccccc2N1.